The van der Waals surface area contributed by atoms with Crippen LogP contribution in [0.1, 0.15) is 28.0 Å². The largest absolute Gasteiger partial charge is 0.487 e. The number of nitrogens with zero attached hydrogens (tertiary/aromatic N) is 2. The lowest BCUT2D eigenvalue weighted by Gasteiger charge is -2.38. The number of thiazole rings is 1. The fourth-order valence-corrected chi connectivity index (χ4v) is 5.31. The number of hydrogen-bond donors (Lipinski definition) is 2. The lowest BCUT2D eigenvalue weighted by molar-refractivity contribution is 0.00249. The molecule has 2 N–H and O–H groups in total. The zero-order valence-corrected chi connectivity index (χ0v) is 18.2. The summed E-state index contributed by atoms with van der Waals surface area (Å²) in [7, 11) is 0. The lowest BCUT2D eigenvalue weighted by Crippen LogP contribution is -2.54. The highest BCUT2D eigenvalue weighted by Gasteiger charge is 2.48. The van der Waals surface area contributed by atoms with Crippen LogP contribution in [0, 0.1) is 5.82 Å². The Morgan fingerprint density at radius 1 is 1.22 bits per heavy atom. The molecular formula is C24H24FN3O3S. The molecule has 1 aliphatic carbocycles. The highest BCUT2D eigenvalue weighted by atomic mass is 32.1. The predicted octanol–water partition coefficient (Wildman–Crippen LogP) is 3.02. The molecule has 0 spiro atoms. The summed E-state index contributed by atoms with van der Waals surface area (Å²) in [5, 5.41) is 16.0. The van der Waals surface area contributed by atoms with Crippen LogP contribution in [0.3, 0.4) is 0 Å². The summed E-state index contributed by atoms with van der Waals surface area (Å²) in [6.07, 6.45) is -0.123. The molecule has 1 aliphatic heterocycles. The van der Waals surface area contributed by atoms with E-state index in [0.717, 1.165) is 13.0 Å². The summed E-state index contributed by atoms with van der Waals surface area (Å²) in [4.78, 5) is 19.1. The fourth-order valence-electron chi connectivity index (χ4n) is 4.77. The van der Waals surface area contributed by atoms with Crippen LogP contribution in [0.25, 0.3) is 0 Å². The highest BCUT2D eigenvalue weighted by molar-refractivity contribution is 7.07. The van der Waals surface area contributed by atoms with Crippen molar-refractivity contribution < 1.29 is 19.0 Å². The normalized spacial score (nSPS) is 25.3. The molecule has 1 amide bonds. The van der Waals surface area contributed by atoms with Crippen molar-refractivity contribution in [2.45, 2.75) is 43.7 Å². The lowest BCUT2D eigenvalue weighted by atomic mass is 9.97. The number of aromatic nitrogens is 1. The van der Waals surface area contributed by atoms with Gasteiger partial charge in [0.2, 0.25) is 0 Å². The van der Waals surface area contributed by atoms with Crippen molar-refractivity contribution in [3.63, 3.8) is 0 Å². The number of benzene rings is 2. The first-order valence-electron chi connectivity index (χ1n) is 10.7. The van der Waals surface area contributed by atoms with Crippen LogP contribution in [0.2, 0.25) is 0 Å². The van der Waals surface area contributed by atoms with E-state index in [0.29, 0.717) is 24.4 Å². The van der Waals surface area contributed by atoms with E-state index in [-0.39, 0.29) is 18.0 Å². The van der Waals surface area contributed by atoms with E-state index < -0.39 is 18.0 Å². The van der Waals surface area contributed by atoms with Gasteiger partial charge < -0.3 is 15.2 Å². The molecule has 0 radical (unpaired) electrons. The Balaban J connectivity index is 1.39. The van der Waals surface area contributed by atoms with E-state index in [2.05, 4.69) is 27.3 Å². The first kappa shape index (κ1) is 21.1. The van der Waals surface area contributed by atoms with E-state index >= 15 is 0 Å². The Morgan fingerprint density at radius 3 is 2.84 bits per heavy atom. The number of ether oxygens (including phenoxy) is 1. The van der Waals surface area contributed by atoms with Crippen LogP contribution in [0.4, 0.5) is 4.39 Å². The second-order valence-corrected chi connectivity index (χ2v) is 8.99. The summed E-state index contributed by atoms with van der Waals surface area (Å²) in [5.74, 6) is -0.298. The third-order valence-corrected chi connectivity index (χ3v) is 6.86. The van der Waals surface area contributed by atoms with Gasteiger partial charge >= 0.3 is 0 Å². The van der Waals surface area contributed by atoms with Crippen LogP contribution in [-0.4, -0.2) is 51.7 Å². The summed E-state index contributed by atoms with van der Waals surface area (Å²) < 4.78 is 19.6. The van der Waals surface area contributed by atoms with E-state index in [9.17, 15) is 14.3 Å². The standard InChI is InChI=1S/C24H24FN3O3S/c25-17-6-3-7-18(10-17)31-21-11-19(27-24(30)20-13-32-14-26-20)22(23(21)29)28-9-8-15-4-1-2-5-16(15)12-28/h1-7,10,13-14,19,21-23,29H,8-9,11-12H2,(H,27,30)/t19-,21-,22+,23+/m1/s1. The van der Waals surface area contributed by atoms with Gasteiger partial charge in [0.25, 0.3) is 5.91 Å². The van der Waals surface area contributed by atoms with Crippen LogP contribution in [-0.2, 0) is 13.0 Å². The highest BCUT2D eigenvalue weighted by Crippen LogP contribution is 2.32. The molecular weight excluding hydrogens is 429 g/mol. The quantitative estimate of drug-likeness (QED) is 0.621. The Bertz CT molecular complexity index is 1090. The first-order valence-corrected chi connectivity index (χ1v) is 11.6. The Morgan fingerprint density at radius 2 is 2.06 bits per heavy atom. The van der Waals surface area contributed by atoms with Crippen molar-refractivity contribution in [1.29, 1.82) is 0 Å². The van der Waals surface area contributed by atoms with E-state index in [1.54, 1.807) is 23.0 Å². The third kappa shape index (κ3) is 4.26. The number of halogens is 1. The zero-order chi connectivity index (χ0) is 22.1. The van der Waals surface area contributed by atoms with Crippen molar-refractivity contribution in [2.24, 2.45) is 0 Å². The molecule has 0 unspecified atom stereocenters. The maximum atomic E-state index is 13.6. The molecule has 6 nitrogen and oxygen atoms in total. The Kier molecular flexibility index (Phi) is 5.91. The Hall–Kier alpha value is -2.81. The molecule has 3 aromatic rings. The summed E-state index contributed by atoms with van der Waals surface area (Å²) >= 11 is 1.36. The SMILES string of the molecule is O=C(N[C@@H]1C[C@@H](Oc2cccc(F)c2)[C@H](O)[C@H]1N1CCc2ccccc2C1)c1cscn1. The number of rotatable bonds is 5. The van der Waals surface area contributed by atoms with Gasteiger partial charge in [-0.3, -0.25) is 9.69 Å². The summed E-state index contributed by atoms with van der Waals surface area (Å²) in [6.45, 7) is 1.46. The molecule has 1 fully saturated rings. The van der Waals surface area contributed by atoms with Gasteiger partial charge in [0, 0.05) is 31.0 Å². The minimum Gasteiger partial charge on any atom is -0.487 e. The average molecular weight is 454 g/mol. The second-order valence-electron chi connectivity index (χ2n) is 8.27. The molecule has 166 valence electrons. The van der Waals surface area contributed by atoms with Crippen molar-refractivity contribution >= 4 is 17.2 Å². The van der Waals surface area contributed by atoms with Gasteiger partial charge in [-0.25, -0.2) is 9.37 Å². The van der Waals surface area contributed by atoms with Crippen molar-refractivity contribution in [3.05, 3.63) is 82.1 Å². The monoisotopic (exact) mass is 453 g/mol. The van der Waals surface area contributed by atoms with Crippen LogP contribution in [0.5, 0.6) is 5.75 Å². The molecule has 0 bridgehead atoms. The van der Waals surface area contributed by atoms with Crippen molar-refractivity contribution in [1.82, 2.24) is 15.2 Å². The molecule has 5 rings (SSSR count). The van der Waals surface area contributed by atoms with Gasteiger partial charge in [0.05, 0.1) is 17.6 Å². The molecule has 1 aromatic heterocycles. The smallest absolute Gasteiger partial charge is 0.271 e. The molecule has 2 heterocycles. The van der Waals surface area contributed by atoms with Gasteiger partial charge in [-0.05, 0) is 29.7 Å². The molecule has 1 saturated carbocycles. The van der Waals surface area contributed by atoms with E-state index in [1.807, 2.05) is 12.1 Å². The van der Waals surface area contributed by atoms with Crippen LogP contribution >= 0.6 is 11.3 Å². The molecule has 2 aromatic carbocycles. The average Bonchev–Trinajstić information content (AvgIpc) is 3.43. The number of aliphatic hydroxyl groups is 1. The molecule has 8 heteroatoms. The minimum absolute atomic E-state index is 0.266. The van der Waals surface area contributed by atoms with E-state index in [4.69, 9.17) is 4.74 Å². The van der Waals surface area contributed by atoms with Crippen LogP contribution in [0.15, 0.2) is 59.4 Å². The number of hydrogen-bond acceptors (Lipinski definition) is 6. The summed E-state index contributed by atoms with van der Waals surface area (Å²) in [5.41, 5.74) is 4.52. The number of carbonyl (C=O) groups excluding carboxylic acids is 1. The fraction of sp³-hybridized carbons (Fsp3) is 0.333. The molecule has 32 heavy (non-hydrogen) atoms. The van der Waals surface area contributed by atoms with Gasteiger partial charge in [-0.1, -0.05) is 30.3 Å². The molecule has 0 saturated heterocycles. The predicted molar refractivity (Wildman–Crippen MR) is 119 cm³/mol. The minimum atomic E-state index is -0.843. The number of carbonyl (C=O) groups is 1. The van der Waals surface area contributed by atoms with Gasteiger partial charge in [-0.15, -0.1) is 11.3 Å². The zero-order valence-electron chi connectivity index (χ0n) is 17.4. The maximum absolute atomic E-state index is 13.6. The first-order chi connectivity index (χ1) is 15.6. The third-order valence-electron chi connectivity index (χ3n) is 6.28. The van der Waals surface area contributed by atoms with Crippen LogP contribution < -0.4 is 10.1 Å². The Labute approximate surface area is 189 Å². The van der Waals surface area contributed by atoms with Crippen molar-refractivity contribution in [3.8, 4) is 5.75 Å². The van der Waals surface area contributed by atoms with E-state index in [1.165, 1.54) is 34.6 Å². The van der Waals surface area contributed by atoms with Crippen molar-refractivity contribution in [2.75, 3.05) is 6.54 Å². The number of fused-ring (bicyclic) bond motifs is 1. The van der Waals surface area contributed by atoms with Gasteiger partial charge in [0.1, 0.15) is 29.5 Å². The number of aliphatic hydroxyl groups excluding tert-OH is 1. The number of nitrogens with one attached hydrogen (secondary N) is 1. The maximum Gasteiger partial charge on any atom is 0.271 e. The summed E-state index contributed by atoms with van der Waals surface area (Å²) in [6, 6.07) is 13.5. The van der Waals surface area contributed by atoms with Gasteiger partial charge in [-0.2, -0.15) is 0 Å². The number of amides is 1. The second kappa shape index (κ2) is 8.97. The molecule has 2 aliphatic rings. The van der Waals surface area contributed by atoms with Gasteiger partial charge in [0.15, 0.2) is 0 Å². The topological polar surface area (TPSA) is 74.7 Å². The molecule has 4 atom stereocenters.